The average molecular weight is 210 g/mol. The largest absolute Gasteiger partial charge is 0.317 e. The second kappa shape index (κ2) is 4.84. The van der Waals surface area contributed by atoms with Crippen molar-refractivity contribution in [3.8, 4) is 0 Å². The van der Waals surface area contributed by atoms with Gasteiger partial charge >= 0.3 is 0 Å². The molecule has 1 saturated heterocycles. The van der Waals surface area contributed by atoms with E-state index in [9.17, 15) is 0 Å². The van der Waals surface area contributed by atoms with E-state index in [-0.39, 0.29) is 0 Å². The van der Waals surface area contributed by atoms with E-state index >= 15 is 0 Å². The summed E-state index contributed by atoms with van der Waals surface area (Å²) in [5.41, 5.74) is 0. The molecule has 0 aromatic rings. The Morgan fingerprint density at radius 1 is 1.40 bits per heavy atom. The predicted octanol–water partition coefficient (Wildman–Crippen LogP) is 2.10. The Morgan fingerprint density at radius 2 is 2.20 bits per heavy atom. The van der Waals surface area contributed by atoms with Gasteiger partial charge in [-0.15, -0.1) is 0 Å². The molecule has 1 N–H and O–H groups in total. The summed E-state index contributed by atoms with van der Waals surface area (Å²) in [6, 6.07) is 1.70. The maximum absolute atomic E-state index is 3.44. The molecule has 2 nitrogen and oxygen atoms in total. The molecule has 0 amide bonds. The van der Waals surface area contributed by atoms with Gasteiger partial charge in [-0.1, -0.05) is 20.3 Å². The number of likely N-dealkylation sites (tertiary alicyclic amines) is 1. The van der Waals surface area contributed by atoms with Gasteiger partial charge in [-0.25, -0.2) is 0 Å². The number of piperidine rings is 1. The number of hydrogen-bond donors (Lipinski definition) is 1. The molecule has 0 bridgehead atoms. The zero-order chi connectivity index (χ0) is 10.8. The van der Waals surface area contributed by atoms with Crippen molar-refractivity contribution in [1.82, 2.24) is 10.2 Å². The van der Waals surface area contributed by atoms with E-state index in [1.165, 1.54) is 38.8 Å². The molecule has 1 aliphatic carbocycles. The summed E-state index contributed by atoms with van der Waals surface area (Å²) in [6.07, 6.45) is 5.63. The van der Waals surface area contributed by atoms with Crippen molar-refractivity contribution in [3.63, 3.8) is 0 Å². The average Bonchev–Trinajstić information content (AvgIpc) is 2.98. The first-order valence-electron chi connectivity index (χ1n) is 6.67. The molecule has 2 heteroatoms. The van der Waals surface area contributed by atoms with Crippen LogP contribution in [0.4, 0.5) is 0 Å². The monoisotopic (exact) mass is 210 g/mol. The zero-order valence-corrected chi connectivity index (χ0v) is 10.5. The van der Waals surface area contributed by atoms with Gasteiger partial charge in [0, 0.05) is 18.6 Å². The second-order valence-electron chi connectivity index (χ2n) is 5.51. The molecule has 0 aromatic carbocycles. The number of rotatable bonds is 4. The molecule has 1 heterocycles. The molecule has 4 unspecified atom stereocenters. The molecular formula is C13H26N2. The molecule has 1 saturated carbocycles. The van der Waals surface area contributed by atoms with Crippen molar-refractivity contribution in [2.45, 2.75) is 51.6 Å². The lowest BCUT2D eigenvalue weighted by atomic mass is 9.94. The van der Waals surface area contributed by atoms with Gasteiger partial charge < -0.3 is 5.32 Å². The Labute approximate surface area is 94.4 Å². The summed E-state index contributed by atoms with van der Waals surface area (Å²) in [5.74, 6) is 1.86. The minimum Gasteiger partial charge on any atom is -0.317 e. The van der Waals surface area contributed by atoms with Crippen LogP contribution in [0.2, 0.25) is 0 Å². The lowest BCUT2D eigenvalue weighted by Crippen LogP contribution is -2.48. The standard InChI is InChI=1S/C13H26N2/c1-4-5-11-8-13(11)15-7-6-12(14-3)10(2)9-15/h10-14H,4-9H2,1-3H3. The van der Waals surface area contributed by atoms with Crippen molar-refractivity contribution in [1.29, 1.82) is 0 Å². The minimum atomic E-state index is 0.754. The fourth-order valence-corrected chi connectivity index (χ4v) is 3.27. The van der Waals surface area contributed by atoms with Gasteiger partial charge in [0.15, 0.2) is 0 Å². The fraction of sp³-hybridized carbons (Fsp3) is 1.00. The van der Waals surface area contributed by atoms with Gasteiger partial charge in [-0.2, -0.15) is 0 Å². The summed E-state index contributed by atoms with van der Waals surface area (Å²) in [6.45, 7) is 7.34. The summed E-state index contributed by atoms with van der Waals surface area (Å²) < 4.78 is 0. The van der Waals surface area contributed by atoms with Gasteiger partial charge in [-0.3, -0.25) is 4.90 Å². The number of nitrogens with zero attached hydrogens (tertiary/aromatic N) is 1. The van der Waals surface area contributed by atoms with Gasteiger partial charge in [0.25, 0.3) is 0 Å². The highest BCUT2D eigenvalue weighted by Crippen LogP contribution is 2.40. The van der Waals surface area contributed by atoms with E-state index < -0.39 is 0 Å². The maximum atomic E-state index is 3.44. The van der Waals surface area contributed by atoms with Crippen LogP contribution in [0.15, 0.2) is 0 Å². The Hall–Kier alpha value is -0.0800. The Bertz CT molecular complexity index is 205. The Morgan fingerprint density at radius 3 is 2.80 bits per heavy atom. The summed E-state index contributed by atoms with van der Waals surface area (Å²) >= 11 is 0. The fourth-order valence-electron chi connectivity index (χ4n) is 3.27. The van der Waals surface area contributed by atoms with Crippen LogP contribution in [-0.2, 0) is 0 Å². The SMILES string of the molecule is CCCC1CC1N1CCC(NC)C(C)C1. The molecule has 4 atom stereocenters. The quantitative estimate of drug-likeness (QED) is 0.764. The lowest BCUT2D eigenvalue weighted by Gasteiger charge is -2.37. The smallest absolute Gasteiger partial charge is 0.0127 e. The minimum absolute atomic E-state index is 0.754. The van der Waals surface area contributed by atoms with Crippen LogP contribution in [0.1, 0.15) is 39.5 Å². The molecule has 2 aliphatic rings. The Balaban J connectivity index is 1.77. The van der Waals surface area contributed by atoms with Crippen molar-refractivity contribution in [2.24, 2.45) is 11.8 Å². The van der Waals surface area contributed by atoms with Crippen LogP contribution < -0.4 is 5.32 Å². The molecule has 0 radical (unpaired) electrons. The predicted molar refractivity (Wildman–Crippen MR) is 65.0 cm³/mol. The highest BCUT2D eigenvalue weighted by molar-refractivity contribution is 4.97. The van der Waals surface area contributed by atoms with Crippen LogP contribution in [0, 0.1) is 11.8 Å². The third-order valence-corrected chi connectivity index (χ3v) is 4.32. The van der Waals surface area contributed by atoms with Crippen LogP contribution in [0.3, 0.4) is 0 Å². The number of nitrogens with one attached hydrogen (secondary N) is 1. The van der Waals surface area contributed by atoms with E-state index in [1.807, 2.05) is 0 Å². The maximum Gasteiger partial charge on any atom is 0.0127 e. The Kier molecular flexibility index (Phi) is 3.68. The number of hydrogen-bond acceptors (Lipinski definition) is 2. The first-order chi connectivity index (χ1) is 7.26. The van der Waals surface area contributed by atoms with E-state index in [0.29, 0.717) is 0 Å². The molecule has 88 valence electrons. The summed E-state index contributed by atoms with van der Waals surface area (Å²) in [5, 5.41) is 3.44. The van der Waals surface area contributed by atoms with Crippen LogP contribution in [0.25, 0.3) is 0 Å². The lowest BCUT2D eigenvalue weighted by molar-refractivity contribution is 0.138. The van der Waals surface area contributed by atoms with E-state index in [1.54, 1.807) is 0 Å². The van der Waals surface area contributed by atoms with Crippen LogP contribution in [0.5, 0.6) is 0 Å². The van der Waals surface area contributed by atoms with Crippen molar-refractivity contribution < 1.29 is 0 Å². The molecular weight excluding hydrogens is 184 g/mol. The van der Waals surface area contributed by atoms with Gasteiger partial charge in [0.2, 0.25) is 0 Å². The molecule has 2 fully saturated rings. The van der Waals surface area contributed by atoms with Gasteiger partial charge in [-0.05, 0) is 44.7 Å². The van der Waals surface area contributed by atoms with Crippen molar-refractivity contribution in [2.75, 3.05) is 20.1 Å². The highest BCUT2D eigenvalue weighted by Gasteiger charge is 2.42. The van der Waals surface area contributed by atoms with E-state index in [2.05, 4.69) is 31.1 Å². The third-order valence-electron chi connectivity index (χ3n) is 4.32. The van der Waals surface area contributed by atoms with E-state index in [4.69, 9.17) is 0 Å². The zero-order valence-electron chi connectivity index (χ0n) is 10.5. The van der Waals surface area contributed by atoms with Crippen molar-refractivity contribution in [3.05, 3.63) is 0 Å². The normalized spacial score (nSPS) is 41.8. The van der Waals surface area contributed by atoms with Crippen LogP contribution >= 0.6 is 0 Å². The molecule has 1 aliphatic heterocycles. The van der Waals surface area contributed by atoms with Gasteiger partial charge in [0.05, 0.1) is 0 Å². The second-order valence-corrected chi connectivity index (χ2v) is 5.51. The third kappa shape index (κ3) is 2.54. The first-order valence-corrected chi connectivity index (χ1v) is 6.67. The highest BCUT2D eigenvalue weighted by atomic mass is 15.2. The summed E-state index contributed by atoms with van der Waals surface area (Å²) in [4.78, 5) is 2.75. The van der Waals surface area contributed by atoms with Crippen molar-refractivity contribution >= 4 is 0 Å². The summed E-state index contributed by atoms with van der Waals surface area (Å²) in [7, 11) is 2.10. The molecule has 0 spiro atoms. The van der Waals surface area contributed by atoms with Gasteiger partial charge in [0.1, 0.15) is 0 Å². The first kappa shape index (κ1) is 11.4. The molecule has 2 rings (SSSR count). The van der Waals surface area contributed by atoms with E-state index in [0.717, 1.165) is 23.9 Å². The van der Waals surface area contributed by atoms with Crippen LogP contribution in [-0.4, -0.2) is 37.1 Å². The molecule has 15 heavy (non-hydrogen) atoms. The molecule has 0 aromatic heterocycles. The topological polar surface area (TPSA) is 15.3 Å².